The first kappa shape index (κ1) is 21.7. The van der Waals surface area contributed by atoms with Crippen LogP contribution in [0, 0.1) is 0 Å². The highest BCUT2D eigenvalue weighted by Crippen LogP contribution is 2.25. The Hall–Kier alpha value is -2.58. The van der Waals surface area contributed by atoms with Gasteiger partial charge in [-0.1, -0.05) is 12.1 Å². The van der Waals surface area contributed by atoms with Crippen LogP contribution in [0.15, 0.2) is 47.4 Å². The minimum atomic E-state index is -3.73. The van der Waals surface area contributed by atoms with E-state index in [1.165, 1.54) is 12.1 Å². The fourth-order valence-electron chi connectivity index (χ4n) is 2.81. The molecule has 0 fully saturated rings. The average molecular weight is 407 g/mol. The van der Waals surface area contributed by atoms with Gasteiger partial charge in [0.05, 0.1) is 25.2 Å². The summed E-state index contributed by atoms with van der Waals surface area (Å²) < 4.78 is 33.2. The summed E-state index contributed by atoms with van der Waals surface area (Å²) in [5, 5.41) is 5.12. The highest BCUT2D eigenvalue weighted by molar-refractivity contribution is 7.89. The quantitative estimate of drug-likeness (QED) is 0.726. The predicted octanol–water partition coefficient (Wildman–Crippen LogP) is 2.50. The fraction of sp³-hybridized carbons (Fsp3) is 0.350. The number of ether oxygens (including phenoxy) is 2. The number of nitrogens with zero attached hydrogens (tertiary/aromatic N) is 1. The molecule has 7 nitrogen and oxygen atoms in total. The normalized spacial score (nSPS) is 12.3. The van der Waals surface area contributed by atoms with Crippen LogP contribution in [0.1, 0.15) is 30.5 Å². The number of carbonyl (C=O) groups excluding carboxylic acids is 1. The molecular formula is C20H26N2O5S. The molecule has 8 heteroatoms. The SMILES string of the molecule is COc1cc(CCC(=O)N(C)[C@@H](C)c2ccc(S(N)(=O)=O)cc2)cc(OC)c1. The summed E-state index contributed by atoms with van der Waals surface area (Å²) in [4.78, 5) is 14.3. The van der Waals surface area contributed by atoms with Crippen LogP contribution >= 0.6 is 0 Å². The van der Waals surface area contributed by atoms with Crippen LogP contribution in [0.2, 0.25) is 0 Å². The molecular weight excluding hydrogens is 380 g/mol. The van der Waals surface area contributed by atoms with E-state index >= 15 is 0 Å². The second-order valence-corrected chi connectivity index (χ2v) is 8.08. The highest BCUT2D eigenvalue weighted by Gasteiger charge is 2.18. The number of aryl methyl sites for hydroxylation is 1. The lowest BCUT2D eigenvalue weighted by Crippen LogP contribution is -2.29. The van der Waals surface area contributed by atoms with Gasteiger partial charge >= 0.3 is 0 Å². The Kier molecular flexibility index (Phi) is 7.04. The van der Waals surface area contributed by atoms with Crippen molar-refractivity contribution in [3.8, 4) is 11.5 Å². The fourth-order valence-corrected chi connectivity index (χ4v) is 3.33. The molecule has 0 aliphatic rings. The third-order valence-corrected chi connectivity index (χ3v) is 5.63. The Morgan fingerprint density at radius 3 is 2.07 bits per heavy atom. The number of sulfonamides is 1. The average Bonchev–Trinajstić information content (AvgIpc) is 2.69. The monoisotopic (exact) mass is 406 g/mol. The van der Waals surface area contributed by atoms with E-state index in [2.05, 4.69) is 0 Å². The number of nitrogens with two attached hydrogens (primary N) is 1. The maximum Gasteiger partial charge on any atom is 0.238 e. The molecule has 2 N–H and O–H groups in total. The summed E-state index contributed by atoms with van der Waals surface area (Å²) in [6, 6.07) is 11.6. The van der Waals surface area contributed by atoms with E-state index in [0.29, 0.717) is 24.3 Å². The lowest BCUT2D eigenvalue weighted by molar-refractivity contribution is -0.131. The van der Waals surface area contributed by atoms with Crippen LogP contribution in [0.5, 0.6) is 11.5 Å². The van der Waals surface area contributed by atoms with Gasteiger partial charge in [0, 0.05) is 19.5 Å². The molecule has 0 aliphatic carbocycles. The van der Waals surface area contributed by atoms with Gasteiger partial charge in [0.1, 0.15) is 11.5 Å². The Labute approximate surface area is 166 Å². The maximum atomic E-state index is 12.6. The van der Waals surface area contributed by atoms with Gasteiger partial charge in [0.15, 0.2) is 0 Å². The standard InChI is InChI=1S/C20H26N2O5S/c1-14(16-6-8-19(9-7-16)28(21,24)25)22(2)20(23)10-5-15-11-17(26-3)13-18(12-15)27-4/h6-9,11-14H,5,10H2,1-4H3,(H2,21,24,25)/t14-/m0/s1. The predicted molar refractivity (Wildman–Crippen MR) is 107 cm³/mol. The molecule has 0 aromatic heterocycles. The topological polar surface area (TPSA) is 98.9 Å². The molecule has 1 atom stereocenters. The summed E-state index contributed by atoms with van der Waals surface area (Å²) >= 11 is 0. The molecule has 0 saturated carbocycles. The first-order valence-electron chi connectivity index (χ1n) is 8.76. The smallest absolute Gasteiger partial charge is 0.238 e. The van der Waals surface area contributed by atoms with Gasteiger partial charge in [0.2, 0.25) is 15.9 Å². The van der Waals surface area contributed by atoms with Gasteiger partial charge in [-0.25, -0.2) is 13.6 Å². The zero-order valence-corrected chi connectivity index (χ0v) is 17.3. The summed E-state index contributed by atoms with van der Waals surface area (Å²) in [6.07, 6.45) is 0.875. The second kappa shape index (κ2) is 9.07. The molecule has 0 unspecified atom stereocenters. The second-order valence-electron chi connectivity index (χ2n) is 6.52. The lowest BCUT2D eigenvalue weighted by Gasteiger charge is -2.25. The third kappa shape index (κ3) is 5.46. The van der Waals surface area contributed by atoms with Crippen molar-refractivity contribution >= 4 is 15.9 Å². The van der Waals surface area contributed by atoms with Crippen LogP contribution < -0.4 is 14.6 Å². The molecule has 0 saturated heterocycles. The Bertz CT molecular complexity index is 904. The van der Waals surface area contributed by atoms with E-state index in [9.17, 15) is 13.2 Å². The number of rotatable bonds is 8. The summed E-state index contributed by atoms with van der Waals surface area (Å²) in [5.74, 6) is 1.33. The van der Waals surface area contributed by atoms with Crippen molar-refractivity contribution in [2.75, 3.05) is 21.3 Å². The van der Waals surface area contributed by atoms with E-state index in [1.54, 1.807) is 44.4 Å². The molecule has 2 aromatic carbocycles. The van der Waals surface area contributed by atoms with Gasteiger partial charge in [-0.2, -0.15) is 0 Å². The maximum absolute atomic E-state index is 12.6. The number of carbonyl (C=O) groups is 1. The van der Waals surface area contributed by atoms with Gasteiger partial charge in [-0.3, -0.25) is 4.79 Å². The minimum absolute atomic E-state index is 0.0233. The number of hydrogen-bond donors (Lipinski definition) is 1. The first-order chi connectivity index (χ1) is 13.2. The highest BCUT2D eigenvalue weighted by atomic mass is 32.2. The van der Waals surface area contributed by atoms with Crippen molar-refractivity contribution in [3.05, 3.63) is 53.6 Å². The number of methoxy groups -OCH3 is 2. The zero-order valence-electron chi connectivity index (χ0n) is 16.5. The number of benzene rings is 2. The van der Waals surface area contributed by atoms with Crippen LogP contribution in [0.3, 0.4) is 0 Å². The van der Waals surface area contributed by atoms with Crippen molar-refractivity contribution in [2.45, 2.75) is 30.7 Å². The van der Waals surface area contributed by atoms with E-state index in [1.807, 2.05) is 19.1 Å². The van der Waals surface area contributed by atoms with E-state index in [4.69, 9.17) is 14.6 Å². The molecule has 0 aliphatic heterocycles. The molecule has 28 heavy (non-hydrogen) atoms. The van der Waals surface area contributed by atoms with Crippen LogP contribution in [-0.4, -0.2) is 40.5 Å². The van der Waals surface area contributed by atoms with E-state index in [0.717, 1.165) is 11.1 Å². The summed E-state index contributed by atoms with van der Waals surface area (Å²) in [6.45, 7) is 1.89. The third-order valence-electron chi connectivity index (χ3n) is 4.70. The Balaban J connectivity index is 2.04. The molecule has 0 heterocycles. The summed E-state index contributed by atoms with van der Waals surface area (Å²) in [7, 11) is 1.16. The van der Waals surface area contributed by atoms with Crippen LogP contribution in [0.25, 0.3) is 0 Å². The van der Waals surface area contributed by atoms with E-state index < -0.39 is 10.0 Å². The Morgan fingerprint density at radius 1 is 1.07 bits per heavy atom. The molecule has 2 aromatic rings. The number of amides is 1. The molecule has 1 amide bonds. The molecule has 0 spiro atoms. The van der Waals surface area contributed by atoms with Crippen LogP contribution in [0.4, 0.5) is 0 Å². The zero-order chi connectivity index (χ0) is 20.9. The largest absolute Gasteiger partial charge is 0.497 e. The van der Waals surface area contributed by atoms with Gasteiger partial charge < -0.3 is 14.4 Å². The van der Waals surface area contributed by atoms with Crippen LogP contribution in [-0.2, 0) is 21.2 Å². The summed E-state index contributed by atoms with van der Waals surface area (Å²) in [5.41, 5.74) is 1.77. The first-order valence-corrected chi connectivity index (χ1v) is 10.3. The number of primary sulfonamides is 1. The van der Waals surface area contributed by atoms with Crippen molar-refractivity contribution in [3.63, 3.8) is 0 Å². The Morgan fingerprint density at radius 2 is 1.61 bits per heavy atom. The van der Waals surface area contributed by atoms with Gasteiger partial charge in [-0.05, 0) is 48.7 Å². The minimum Gasteiger partial charge on any atom is -0.497 e. The molecule has 2 rings (SSSR count). The molecule has 0 radical (unpaired) electrons. The van der Waals surface area contributed by atoms with Gasteiger partial charge in [0.25, 0.3) is 0 Å². The number of hydrogen-bond acceptors (Lipinski definition) is 5. The van der Waals surface area contributed by atoms with Gasteiger partial charge in [-0.15, -0.1) is 0 Å². The van der Waals surface area contributed by atoms with Crippen molar-refractivity contribution in [2.24, 2.45) is 5.14 Å². The van der Waals surface area contributed by atoms with Crippen molar-refractivity contribution in [1.82, 2.24) is 4.90 Å². The lowest BCUT2D eigenvalue weighted by atomic mass is 10.1. The molecule has 152 valence electrons. The van der Waals surface area contributed by atoms with Crippen molar-refractivity contribution < 1.29 is 22.7 Å². The van der Waals surface area contributed by atoms with Crippen molar-refractivity contribution in [1.29, 1.82) is 0 Å². The molecule has 0 bridgehead atoms. The van der Waals surface area contributed by atoms with E-state index in [-0.39, 0.29) is 16.8 Å².